The van der Waals surface area contributed by atoms with Gasteiger partial charge in [0.05, 0.1) is 23.4 Å². The summed E-state index contributed by atoms with van der Waals surface area (Å²) in [5.41, 5.74) is 2.27. The largest absolute Gasteiger partial charge is 0.468 e. The van der Waals surface area contributed by atoms with Gasteiger partial charge < -0.3 is 8.94 Å². The predicted octanol–water partition coefficient (Wildman–Crippen LogP) is 4.94. The zero-order valence-corrected chi connectivity index (χ0v) is 17.6. The third-order valence-electron chi connectivity index (χ3n) is 5.57. The zero-order valence-electron chi connectivity index (χ0n) is 16.8. The molecule has 0 saturated heterocycles. The maximum absolute atomic E-state index is 13.9. The van der Waals surface area contributed by atoms with E-state index in [9.17, 15) is 8.42 Å². The average molecular weight is 415 g/mol. The predicted molar refractivity (Wildman–Crippen MR) is 110 cm³/mol. The Bertz CT molecular complexity index is 1060. The number of furan rings is 1. The van der Waals surface area contributed by atoms with Crippen LogP contribution in [0.25, 0.3) is 11.3 Å². The fourth-order valence-corrected chi connectivity index (χ4v) is 6.00. The Morgan fingerprint density at radius 3 is 2.59 bits per heavy atom. The van der Waals surface area contributed by atoms with Gasteiger partial charge in [-0.05, 0) is 49.9 Å². The third-order valence-corrected chi connectivity index (χ3v) is 7.55. The van der Waals surface area contributed by atoms with Crippen LogP contribution in [0.5, 0.6) is 0 Å². The van der Waals surface area contributed by atoms with Crippen LogP contribution in [0.2, 0.25) is 0 Å². The summed E-state index contributed by atoms with van der Waals surface area (Å²) in [5, 5.41) is 3.93. The van der Waals surface area contributed by atoms with Gasteiger partial charge in [0, 0.05) is 17.7 Å². The standard InChI is InChI=1S/C22H26N2O4S/c1-3-17-10-11-18(21-13-16(2)23-28-21)14-22(17)29(25,26)24(19-7-4-5-8-19)15-20-9-6-12-27-20/h6,9-14,19H,3-5,7-8,15H2,1-2H3. The fraction of sp³-hybridized carbons (Fsp3) is 0.409. The Morgan fingerprint density at radius 2 is 1.97 bits per heavy atom. The molecule has 6 nitrogen and oxygen atoms in total. The molecule has 1 aliphatic carbocycles. The Balaban J connectivity index is 1.78. The van der Waals surface area contributed by atoms with E-state index >= 15 is 0 Å². The van der Waals surface area contributed by atoms with Crippen LogP contribution in [0.1, 0.15) is 49.6 Å². The van der Waals surface area contributed by atoms with Crippen molar-refractivity contribution < 1.29 is 17.4 Å². The molecule has 0 spiro atoms. The van der Waals surface area contributed by atoms with Crippen molar-refractivity contribution in [1.29, 1.82) is 0 Å². The van der Waals surface area contributed by atoms with Crippen molar-refractivity contribution in [3.63, 3.8) is 0 Å². The second-order valence-corrected chi connectivity index (χ2v) is 9.44. The summed E-state index contributed by atoms with van der Waals surface area (Å²) in [6, 6.07) is 10.9. The topological polar surface area (TPSA) is 76.6 Å². The summed E-state index contributed by atoms with van der Waals surface area (Å²) in [7, 11) is -3.72. The molecule has 0 radical (unpaired) electrons. The van der Waals surface area contributed by atoms with E-state index in [-0.39, 0.29) is 12.6 Å². The van der Waals surface area contributed by atoms with Gasteiger partial charge in [0.25, 0.3) is 0 Å². The second kappa shape index (κ2) is 8.16. The van der Waals surface area contributed by atoms with Crippen LogP contribution in [0, 0.1) is 6.92 Å². The lowest BCUT2D eigenvalue weighted by Gasteiger charge is -2.28. The van der Waals surface area contributed by atoms with Gasteiger partial charge in [-0.15, -0.1) is 0 Å². The van der Waals surface area contributed by atoms with E-state index < -0.39 is 10.0 Å². The average Bonchev–Trinajstić information content (AvgIpc) is 3.48. The van der Waals surface area contributed by atoms with Crippen LogP contribution in [0.4, 0.5) is 0 Å². The lowest BCUT2D eigenvalue weighted by atomic mass is 10.1. The van der Waals surface area contributed by atoms with Gasteiger partial charge in [0.2, 0.25) is 10.0 Å². The molecular formula is C22H26N2O4S. The van der Waals surface area contributed by atoms with Gasteiger partial charge in [-0.1, -0.05) is 37.1 Å². The smallest absolute Gasteiger partial charge is 0.244 e. The molecule has 3 aromatic rings. The molecule has 7 heteroatoms. The van der Waals surface area contributed by atoms with Crippen LogP contribution in [0.15, 0.2) is 56.5 Å². The van der Waals surface area contributed by atoms with Crippen molar-refractivity contribution in [2.24, 2.45) is 0 Å². The number of sulfonamides is 1. The van der Waals surface area contributed by atoms with Gasteiger partial charge in [0.1, 0.15) is 5.76 Å². The van der Waals surface area contributed by atoms with Crippen molar-refractivity contribution in [3.05, 3.63) is 59.7 Å². The molecule has 4 rings (SSSR count). The minimum Gasteiger partial charge on any atom is -0.468 e. The van der Waals surface area contributed by atoms with Crippen LogP contribution in [0.3, 0.4) is 0 Å². The Labute approximate surface area is 171 Å². The van der Waals surface area contributed by atoms with Crippen molar-refractivity contribution in [3.8, 4) is 11.3 Å². The van der Waals surface area contributed by atoms with E-state index in [0.717, 1.165) is 36.9 Å². The van der Waals surface area contributed by atoms with E-state index in [4.69, 9.17) is 8.94 Å². The van der Waals surface area contributed by atoms with Gasteiger partial charge in [-0.25, -0.2) is 8.42 Å². The summed E-state index contributed by atoms with van der Waals surface area (Å²) in [4.78, 5) is 0.338. The fourth-order valence-electron chi connectivity index (χ4n) is 4.02. The van der Waals surface area contributed by atoms with Crippen molar-refractivity contribution in [2.45, 2.75) is 63.4 Å². The molecule has 0 unspecified atom stereocenters. The number of rotatable bonds is 7. The second-order valence-electron chi connectivity index (χ2n) is 7.58. The molecule has 154 valence electrons. The van der Waals surface area contributed by atoms with Gasteiger partial charge >= 0.3 is 0 Å². The Morgan fingerprint density at radius 1 is 1.17 bits per heavy atom. The molecule has 0 aliphatic heterocycles. The minimum absolute atomic E-state index is 0.00835. The molecule has 1 fully saturated rings. The van der Waals surface area contributed by atoms with Crippen LogP contribution >= 0.6 is 0 Å². The van der Waals surface area contributed by atoms with Crippen LogP contribution in [-0.2, 0) is 23.0 Å². The molecule has 0 bridgehead atoms. The zero-order chi connectivity index (χ0) is 20.4. The molecule has 1 saturated carbocycles. The molecule has 2 heterocycles. The third kappa shape index (κ3) is 4.02. The number of benzene rings is 1. The number of aryl methyl sites for hydroxylation is 2. The highest BCUT2D eigenvalue weighted by Gasteiger charge is 2.35. The van der Waals surface area contributed by atoms with Crippen molar-refractivity contribution in [1.82, 2.24) is 9.46 Å². The number of nitrogens with zero attached hydrogens (tertiary/aromatic N) is 2. The summed E-state index contributed by atoms with van der Waals surface area (Å²) >= 11 is 0. The minimum atomic E-state index is -3.72. The van der Waals surface area contributed by atoms with Crippen molar-refractivity contribution in [2.75, 3.05) is 0 Å². The Kier molecular flexibility index (Phi) is 5.61. The van der Waals surface area contributed by atoms with Crippen molar-refractivity contribution >= 4 is 10.0 Å². The first kappa shape index (κ1) is 19.9. The highest BCUT2D eigenvalue weighted by atomic mass is 32.2. The van der Waals surface area contributed by atoms with Gasteiger partial charge in [-0.3, -0.25) is 0 Å². The molecule has 0 atom stereocenters. The normalized spacial score (nSPS) is 15.4. The molecule has 0 amide bonds. The lowest BCUT2D eigenvalue weighted by Crippen LogP contribution is -2.38. The van der Waals surface area contributed by atoms with E-state index in [2.05, 4.69) is 5.16 Å². The van der Waals surface area contributed by atoms with E-state index in [1.807, 2.05) is 38.1 Å². The number of hydrogen-bond donors (Lipinski definition) is 0. The summed E-state index contributed by atoms with van der Waals surface area (Å²) in [6.45, 7) is 4.06. The Hall–Kier alpha value is -2.38. The maximum Gasteiger partial charge on any atom is 0.244 e. The molecule has 2 aromatic heterocycles. The maximum atomic E-state index is 13.9. The van der Waals surface area contributed by atoms with Gasteiger partial charge in [-0.2, -0.15) is 4.31 Å². The number of hydrogen-bond acceptors (Lipinski definition) is 5. The summed E-state index contributed by atoms with van der Waals surface area (Å²) in [6.07, 6.45) is 6.06. The molecule has 1 aliphatic rings. The van der Waals surface area contributed by atoms with Gasteiger partial charge in [0.15, 0.2) is 5.76 Å². The highest BCUT2D eigenvalue weighted by molar-refractivity contribution is 7.89. The first-order valence-corrected chi connectivity index (χ1v) is 11.5. The first-order valence-electron chi connectivity index (χ1n) is 10.1. The molecule has 0 N–H and O–H groups in total. The van der Waals surface area contributed by atoms with E-state index in [1.54, 1.807) is 22.7 Å². The molecule has 1 aromatic carbocycles. The molecular weight excluding hydrogens is 388 g/mol. The van der Waals surface area contributed by atoms with E-state index in [1.165, 1.54) is 0 Å². The van der Waals surface area contributed by atoms with Crippen LogP contribution in [-0.4, -0.2) is 23.9 Å². The molecule has 29 heavy (non-hydrogen) atoms. The monoisotopic (exact) mass is 414 g/mol. The van der Waals surface area contributed by atoms with Crippen LogP contribution < -0.4 is 0 Å². The first-order chi connectivity index (χ1) is 14.0. The number of aromatic nitrogens is 1. The highest BCUT2D eigenvalue weighted by Crippen LogP contribution is 2.34. The van der Waals surface area contributed by atoms with E-state index in [0.29, 0.717) is 28.4 Å². The SMILES string of the molecule is CCc1ccc(-c2cc(C)no2)cc1S(=O)(=O)N(Cc1ccco1)C1CCCC1. The quantitative estimate of drug-likeness (QED) is 0.547. The summed E-state index contributed by atoms with van der Waals surface area (Å²) in [5.74, 6) is 1.22. The summed E-state index contributed by atoms with van der Waals surface area (Å²) < 4.78 is 40.2. The lowest BCUT2D eigenvalue weighted by molar-refractivity contribution is 0.292.